The van der Waals surface area contributed by atoms with Gasteiger partial charge in [-0.15, -0.1) is 5.10 Å². The largest absolute Gasteiger partial charge is 0.321 e. The first-order valence-corrected chi connectivity index (χ1v) is 5.86. The SMILES string of the molecule is CN(C)CCn1nnnc1SCC(N)C=O. The van der Waals surface area contributed by atoms with Gasteiger partial charge in [-0.1, -0.05) is 11.8 Å². The van der Waals surface area contributed by atoms with Crippen LogP contribution in [0.4, 0.5) is 0 Å². The lowest BCUT2D eigenvalue weighted by Crippen LogP contribution is -2.24. The van der Waals surface area contributed by atoms with E-state index in [9.17, 15) is 4.79 Å². The second kappa shape index (κ2) is 6.56. The Morgan fingerprint density at radius 3 is 3.00 bits per heavy atom. The third-order valence-corrected chi connectivity index (χ3v) is 2.94. The Morgan fingerprint density at radius 1 is 1.62 bits per heavy atom. The zero-order valence-electron chi connectivity index (χ0n) is 9.41. The molecule has 0 saturated carbocycles. The minimum absolute atomic E-state index is 0.469. The minimum atomic E-state index is -0.469. The highest BCUT2D eigenvalue weighted by atomic mass is 32.2. The van der Waals surface area contributed by atoms with Crippen LogP contribution in [0.5, 0.6) is 0 Å². The van der Waals surface area contributed by atoms with Crippen molar-refractivity contribution in [1.29, 1.82) is 0 Å². The fourth-order valence-corrected chi connectivity index (χ4v) is 1.74. The van der Waals surface area contributed by atoms with Gasteiger partial charge in [0.2, 0.25) is 5.16 Å². The normalized spacial score (nSPS) is 13.0. The van der Waals surface area contributed by atoms with Gasteiger partial charge in [0, 0.05) is 12.3 Å². The second-order valence-electron chi connectivity index (χ2n) is 3.60. The lowest BCUT2D eigenvalue weighted by atomic mass is 10.4. The number of carbonyl (C=O) groups is 1. The fourth-order valence-electron chi connectivity index (χ4n) is 0.945. The van der Waals surface area contributed by atoms with Crippen molar-refractivity contribution >= 4 is 18.0 Å². The van der Waals surface area contributed by atoms with Crippen molar-refractivity contribution in [2.75, 3.05) is 26.4 Å². The Bertz CT molecular complexity index is 328. The Morgan fingerprint density at radius 2 is 2.38 bits per heavy atom. The van der Waals surface area contributed by atoms with Gasteiger partial charge in [-0.2, -0.15) is 0 Å². The Balaban J connectivity index is 2.46. The van der Waals surface area contributed by atoms with E-state index < -0.39 is 6.04 Å². The number of tetrazole rings is 1. The van der Waals surface area contributed by atoms with Gasteiger partial charge in [-0.05, 0) is 24.5 Å². The van der Waals surface area contributed by atoms with Crippen molar-refractivity contribution in [3.05, 3.63) is 0 Å². The zero-order valence-corrected chi connectivity index (χ0v) is 10.2. The molecule has 1 aromatic rings. The van der Waals surface area contributed by atoms with Gasteiger partial charge < -0.3 is 15.4 Å². The summed E-state index contributed by atoms with van der Waals surface area (Å²) in [6.45, 7) is 1.58. The molecule has 0 spiro atoms. The van der Waals surface area contributed by atoms with Gasteiger partial charge in [0.1, 0.15) is 6.29 Å². The molecule has 2 N–H and O–H groups in total. The highest BCUT2D eigenvalue weighted by molar-refractivity contribution is 7.99. The number of hydrogen-bond acceptors (Lipinski definition) is 7. The van der Waals surface area contributed by atoms with E-state index in [-0.39, 0.29) is 0 Å². The summed E-state index contributed by atoms with van der Waals surface area (Å²) in [6.07, 6.45) is 0.723. The summed E-state index contributed by atoms with van der Waals surface area (Å²) in [6, 6.07) is -0.469. The van der Waals surface area contributed by atoms with Gasteiger partial charge in [0.25, 0.3) is 0 Å². The number of nitrogens with zero attached hydrogens (tertiary/aromatic N) is 5. The molecule has 8 heteroatoms. The van der Waals surface area contributed by atoms with Crippen LogP contribution in [0.1, 0.15) is 0 Å². The lowest BCUT2D eigenvalue weighted by molar-refractivity contribution is -0.108. The molecule has 0 aliphatic carbocycles. The first-order valence-electron chi connectivity index (χ1n) is 4.88. The molecule has 0 aromatic carbocycles. The summed E-state index contributed by atoms with van der Waals surface area (Å²) < 4.78 is 1.71. The molecule has 0 amide bonds. The molecule has 1 aromatic heterocycles. The molecule has 0 fully saturated rings. The molecular formula is C8H16N6OS. The van der Waals surface area contributed by atoms with E-state index in [4.69, 9.17) is 5.73 Å². The number of thioether (sulfide) groups is 1. The highest BCUT2D eigenvalue weighted by Gasteiger charge is 2.09. The Hall–Kier alpha value is -0.990. The predicted molar refractivity (Wildman–Crippen MR) is 61.1 cm³/mol. The van der Waals surface area contributed by atoms with Gasteiger partial charge in [0.05, 0.1) is 12.6 Å². The van der Waals surface area contributed by atoms with Gasteiger partial charge in [-0.25, -0.2) is 4.68 Å². The molecule has 7 nitrogen and oxygen atoms in total. The van der Waals surface area contributed by atoms with Gasteiger partial charge in [0.15, 0.2) is 0 Å². The maximum Gasteiger partial charge on any atom is 0.209 e. The molecule has 0 bridgehead atoms. The maximum atomic E-state index is 10.4. The fraction of sp³-hybridized carbons (Fsp3) is 0.750. The van der Waals surface area contributed by atoms with Crippen LogP contribution < -0.4 is 5.73 Å². The van der Waals surface area contributed by atoms with Crippen molar-refractivity contribution < 1.29 is 4.79 Å². The second-order valence-corrected chi connectivity index (χ2v) is 4.59. The van der Waals surface area contributed by atoms with Crippen molar-refractivity contribution in [3.63, 3.8) is 0 Å². The zero-order chi connectivity index (χ0) is 12.0. The van der Waals surface area contributed by atoms with Gasteiger partial charge in [-0.3, -0.25) is 0 Å². The number of nitrogens with two attached hydrogens (primary N) is 1. The number of aromatic nitrogens is 4. The van der Waals surface area contributed by atoms with Crippen molar-refractivity contribution in [2.45, 2.75) is 17.7 Å². The van der Waals surface area contributed by atoms with Crippen LogP contribution in [0.2, 0.25) is 0 Å². The van der Waals surface area contributed by atoms with E-state index in [2.05, 4.69) is 15.5 Å². The lowest BCUT2D eigenvalue weighted by Gasteiger charge is -2.09. The summed E-state index contributed by atoms with van der Waals surface area (Å²) in [7, 11) is 3.97. The maximum absolute atomic E-state index is 10.4. The topological polar surface area (TPSA) is 89.9 Å². The molecule has 0 aliphatic rings. The van der Waals surface area contributed by atoms with Crippen LogP contribution in [-0.4, -0.2) is 63.8 Å². The molecule has 90 valence electrons. The summed E-state index contributed by atoms with van der Waals surface area (Å²) >= 11 is 1.39. The van der Waals surface area contributed by atoms with E-state index in [1.54, 1.807) is 4.68 Å². The van der Waals surface area contributed by atoms with Crippen LogP contribution in [0.15, 0.2) is 5.16 Å². The smallest absolute Gasteiger partial charge is 0.209 e. The van der Waals surface area contributed by atoms with E-state index >= 15 is 0 Å². The molecule has 0 saturated heterocycles. The molecular weight excluding hydrogens is 228 g/mol. The number of hydrogen-bond donors (Lipinski definition) is 1. The third-order valence-electron chi connectivity index (χ3n) is 1.84. The Labute approximate surface area is 98.4 Å². The minimum Gasteiger partial charge on any atom is -0.321 e. The van der Waals surface area contributed by atoms with Crippen LogP contribution in [0.25, 0.3) is 0 Å². The van der Waals surface area contributed by atoms with Crippen molar-refractivity contribution in [1.82, 2.24) is 25.1 Å². The number of likely N-dealkylation sites (N-methyl/N-ethyl adjacent to an activating group) is 1. The first kappa shape index (κ1) is 13.1. The third kappa shape index (κ3) is 4.25. The first-order chi connectivity index (χ1) is 7.63. The molecule has 0 radical (unpaired) electrons. The van der Waals surface area contributed by atoms with Crippen LogP contribution >= 0.6 is 11.8 Å². The highest BCUT2D eigenvalue weighted by Crippen LogP contribution is 2.13. The number of carbonyl (C=O) groups excluding carboxylic acids is 1. The van der Waals surface area contributed by atoms with E-state index in [0.29, 0.717) is 10.9 Å². The molecule has 1 unspecified atom stereocenters. The summed E-state index contributed by atoms with van der Waals surface area (Å²) in [5.41, 5.74) is 5.49. The molecule has 1 heterocycles. The average molecular weight is 244 g/mol. The molecule has 0 aliphatic heterocycles. The molecule has 1 rings (SSSR count). The van der Waals surface area contributed by atoms with Crippen LogP contribution in [0.3, 0.4) is 0 Å². The quantitative estimate of drug-likeness (QED) is 0.478. The standard InChI is InChI=1S/C8H16N6OS/c1-13(2)3-4-14-8(10-11-12-14)16-6-7(9)5-15/h5,7H,3-4,6,9H2,1-2H3. The number of rotatable bonds is 7. The van der Waals surface area contributed by atoms with Gasteiger partial charge >= 0.3 is 0 Å². The van der Waals surface area contributed by atoms with Crippen molar-refractivity contribution in [3.8, 4) is 0 Å². The summed E-state index contributed by atoms with van der Waals surface area (Å²) in [4.78, 5) is 12.4. The number of aldehydes is 1. The summed E-state index contributed by atoms with van der Waals surface area (Å²) in [5.74, 6) is 0.492. The molecule has 16 heavy (non-hydrogen) atoms. The Kier molecular flexibility index (Phi) is 5.36. The van der Waals surface area contributed by atoms with Crippen molar-refractivity contribution in [2.24, 2.45) is 5.73 Å². The predicted octanol–water partition coefficient (Wildman–Crippen LogP) is -1.15. The van der Waals surface area contributed by atoms with E-state index in [1.165, 1.54) is 11.8 Å². The molecule has 1 atom stereocenters. The summed E-state index contributed by atoms with van der Waals surface area (Å²) in [5, 5.41) is 12.0. The monoisotopic (exact) mass is 244 g/mol. The van der Waals surface area contributed by atoms with Crippen LogP contribution in [0, 0.1) is 0 Å². The van der Waals surface area contributed by atoms with E-state index in [1.807, 2.05) is 19.0 Å². The van der Waals surface area contributed by atoms with E-state index in [0.717, 1.165) is 19.4 Å². The van der Waals surface area contributed by atoms with Crippen LogP contribution in [-0.2, 0) is 11.3 Å². The average Bonchev–Trinajstić information content (AvgIpc) is 2.70.